The van der Waals surface area contributed by atoms with E-state index in [0.29, 0.717) is 18.3 Å². The molecule has 1 saturated heterocycles. The topological polar surface area (TPSA) is 25.4 Å². The number of likely N-dealkylation sites (tertiary alicyclic amines) is 1. The van der Waals surface area contributed by atoms with Crippen molar-refractivity contribution in [1.29, 1.82) is 0 Å². The lowest BCUT2D eigenvalue weighted by atomic mass is 10.0. The van der Waals surface area contributed by atoms with Crippen LogP contribution in [0.2, 0.25) is 0 Å². The molecule has 118 valence electrons. The Morgan fingerprint density at radius 3 is 2.87 bits per heavy atom. The van der Waals surface area contributed by atoms with E-state index >= 15 is 0 Å². The molecule has 0 atom stereocenters. The number of ether oxygens (including phenoxy) is 1. The van der Waals surface area contributed by atoms with Crippen LogP contribution in [0.15, 0.2) is 48.5 Å². The smallest absolute Gasteiger partial charge is 0.126 e. The number of hydrogen-bond acceptors (Lipinski definition) is 4. The third kappa shape index (κ3) is 3.21. The van der Waals surface area contributed by atoms with Gasteiger partial charge in [0, 0.05) is 31.6 Å². The van der Waals surface area contributed by atoms with E-state index in [1.165, 1.54) is 21.8 Å². The van der Waals surface area contributed by atoms with Crippen molar-refractivity contribution < 1.29 is 9.13 Å². The lowest BCUT2D eigenvalue weighted by molar-refractivity contribution is 0.122. The first-order valence-electron chi connectivity index (χ1n) is 7.74. The highest BCUT2D eigenvalue weighted by Crippen LogP contribution is 2.32. The van der Waals surface area contributed by atoms with Gasteiger partial charge in [0.05, 0.1) is 15.2 Å². The highest BCUT2D eigenvalue weighted by molar-refractivity contribution is 7.18. The van der Waals surface area contributed by atoms with Crippen LogP contribution in [0.3, 0.4) is 0 Å². The van der Waals surface area contributed by atoms with Gasteiger partial charge in [-0.15, -0.1) is 11.3 Å². The van der Waals surface area contributed by atoms with Crippen molar-refractivity contribution in [3.05, 3.63) is 59.4 Å². The number of nitrogens with zero attached hydrogens (tertiary/aromatic N) is 2. The Morgan fingerprint density at radius 1 is 1.17 bits per heavy atom. The number of aromatic nitrogens is 1. The van der Waals surface area contributed by atoms with E-state index in [-0.39, 0.29) is 5.82 Å². The first-order chi connectivity index (χ1) is 11.3. The van der Waals surface area contributed by atoms with Crippen molar-refractivity contribution in [1.82, 2.24) is 9.88 Å². The first kappa shape index (κ1) is 14.6. The molecule has 0 N–H and O–H groups in total. The van der Waals surface area contributed by atoms with Crippen LogP contribution in [0.5, 0.6) is 5.75 Å². The maximum absolute atomic E-state index is 13.1. The second-order valence-corrected chi connectivity index (χ2v) is 6.84. The zero-order chi connectivity index (χ0) is 15.6. The lowest BCUT2D eigenvalue weighted by Crippen LogP contribution is -2.46. The summed E-state index contributed by atoms with van der Waals surface area (Å²) in [6, 6.07) is 14.6. The van der Waals surface area contributed by atoms with Gasteiger partial charge in [0.25, 0.3) is 0 Å². The first-order valence-corrected chi connectivity index (χ1v) is 8.56. The van der Waals surface area contributed by atoms with Gasteiger partial charge >= 0.3 is 0 Å². The number of fused-ring (bicyclic) bond motifs is 1. The SMILES string of the molecule is Fc1cccc(OCCN2CC(c3nc4ccccc4s3)C2)c1. The molecule has 4 rings (SSSR count). The Kier molecular flexibility index (Phi) is 3.97. The van der Waals surface area contributed by atoms with Crippen LogP contribution in [0.25, 0.3) is 10.2 Å². The van der Waals surface area contributed by atoms with Gasteiger partial charge in [-0.2, -0.15) is 0 Å². The molecular weight excluding hydrogens is 311 g/mol. The normalized spacial score (nSPS) is 15.7. The van der Waals surface area contributed by atoms with Gasteiger partial charge < -0.3 is 4.74 Å². The van der Waals surface area contributed by atoms with Crippen LogP contribution < -0.4 is 4.74 Å². The molecule has 0 unspecified atom stereocenters. The Hall–Kier alpha value is -1.98. The molecule has 1 fully saturated rings. The molecule has 3 nitrogen and oxygen atoms in total. The molecule has 1 aliphatic heterocycles. The van der Waals surface area contributed by atoms with Crippen LogP contribution >= 0.6 is 11.3 Å². The minimum Gasteiger partial charge on any atom is -0.492 e. The van der Waals surface area contributed by atoms with Gasteiger partial charge in [0.2, 0.25) is 0 Å². The van der Waals surface area contributed by atoms with Gasteiger partial charge in [-0.05, 0) is 24.3 Å². The molecule has 0 saturated carbocycles. The number of benzene rings is 2. The molecule has 0 spiro atoms. The molecule has 0 aliphatic carbocycles. The minimum atomic E-state index is -0.262. The van der Waals surface area contributed by atoms with Crippen molar-refractivity contribution >= 4 is 21.6 Å². The largest absolute Gasteiger partial charge is 0.492 e. The highest BCUT2D eigenvalue weighted by atomic mass is 32.1. The van der Waals surface area contributed by atoms with E-state index < -0.39 is 0 Å². The van der Waals surface area contributed by atoms with Crippen LogP contribution in [0.4, 0.5) is 4.39 Å². The molecule has 1 aromatic heterocycles. The van der Waals surface area contributed by atoms with Gasteiger partial charge in [-0.3, -0.25) is 4.90 Å². The summed E-state index contributed by atoms with van der Waals surface area (Å²) in [5.41, 5.74) is 1.10. The lowest BCUT2D eigenvalue weighted by Gasteiger charge is -2.37. The summed E-state index contributed by atoms with van der Waals surface area (Å²) in [6.07, 6.45) is 0. The fourth-order valence-corrected chi connectivity index (χ4v) is 3.87. The van der Waals surface area contributed by atoms with Gasteiger partial charge in [0.1, 0.15) is 18.2 Å². The summed E-state index contributed by atoms with van der Waals surface area (Å²) in [5, 5.41) is 1.23. The standard InChI is InChI=1S/C18H17FN2OS/c19-14-4-3-5-15(10-14)22-9-8-21-11-13(12-21)18-20-16-6-1-2-7-17(16)23-18/h1-7,10,13H,8-9,11-12H2. The van der Waals surface area contributed by atoms with Gasteiger partial charge in [-0.25, -0.2) is 9.37 Å². The van der Waals surface area contributed by atoms with E-state index in [2.05, 4.69) is 23.1 Å². The van der Waals surface area contributed by atoms with E-state index in [1.807, 2.05) is 6.07 Å². The summed E-state index contributed by atoms with van der Waals surface area (Å²) >= 11 is 1.79. The Bertz CT molecular complexity index is 780. The number of hydrogen-bond donors (Lipinski definition) is 0. The molecule has 2 aromatic carbocycles. The zero-order valence-electron chi connectivity index (χ0n) is 12.6. The fourth-order valence-electron chi connectivity index (χ4n) is 2.82. The van der Waals surface area contributed by atoms with Gasteiger partial charge in [-0.1, -0.05) is 18.2 Å². The number of halogens is 1. The van der Waals surface area contributed by atoms with Crippen molar-refractivity contribution in [3.63, 3.8) is 0 Å². The Morgan fingerprint density at radius 2 is 2.04 bits per heavy atom. The van der Waals surface area contributed by atoms with E-state index in [9.17, 15) is 4.39 Å². The van der Waals surface area contributed by atoms with Crippen LogP contribution in [0, 0.1) is 5.82 Å². The quantitative estimate of drug-likeness (QED) is 0.710. The third-order valence-corrected chi connectivity index (χ3v) is 5.29. The van der Waals surface area contributed by atoms with Crippen LogP contribution in [-0.2, 0) is 0 Å². The summed E-state index contributed by atoms with van der Waals surface area (Å²) in [7, 11) is 0. The summed E-state index contributed by atoms with van der Waals surface area (Å²) in [5.74, 6) is 0.858. The van der Waals surface area contributed by atoms with Crippen molar-refractivity contribution in [2.24, 2.45) is 0 Å². The average Bonchev–Trinajstić information content (AvgIpc) is 2.93. The maximum atomic E-state index is 13.1. The van der Waals surface area contributed by atoms with E-state index in [1.54, 1.807) is 23.5 Å². The minimum absolute atomic E-state index is 0.262. The second kappa shape index (κ2) is 6.26. The maximum Gasteiger partial charge on any atom is 0.126 e. The summed E-state index contributed by atoms with van der Waals surface area (Å²) in [4.78, 5) is 7.07. The third-order valence-electron chi connectivity index (χ3n) is 4.09. The number of thiazole rings is 1. The van der Waals surface area contributed by atoms with Crippen LogP contribution in [0.1, 0.15) is 10.9 Å². The predicted octanol–water partition coefficient (Wildman–Crippen LogP) is 3.91. The molecular formula is C18H17FN2OS. The molecule has 5 heteroatoms. The van der Waals surface area contributed by atoms with E-state index in [0.717, 1.165) is 25.2 Å². The predicted molar refractivity (Wildman–Crippen MR) is 90.7 cm³/mol. The number of rotatable bonds is 5. The number of para-hydroxylation sites is 1. The molecule has 0 amide bonds. The highest BCUT2D eigenvalue weighted by Gasteiger charge is 2.30. The Balaban J connectivity index is 1.26. The Labute approximate surface area is 138 Å². The molecule has 23 heavy (non-hydrogen) atoms. The second-order valence-electron chi connectivity index (χ2n) is 5.78. The monoisotopic (exact) mass is 328 g/mol. The molecule has 2 heterocycles. The summed E-state index contributed by atoms with van der Waals surface area (Å²) < 4.78 is 19.9. The molecule has 3 aromatic rings. The van der Waals surface area contributed by atoms with Crippen molar-refractivity contribution in [2.75, 3.05) is 26.2 Å². The average molecular weight is 328 g/mol. The zero-order valence-corrected chi connectivity index (χ0v) is 13.4. The molecule has 1 aliphatic rings. The molecule has 0 bridgehead atoms. The summed E-state index contributed by atoms with van der Waals surface area (Å²) in [6.45, 7) is 3.48. The molecule has 0 radical (unpaired) electrons. The fraction of sp³-hybridized carbons (Fsp3) is 0.278. The van der Waals surface area contributed by atoms with Crippen LogP contribution in [-0.4, -0.2) is 36.1 Å². The van der Waals surface area contributed by atoms with E-state index in [4.69, 9.17) is 9.72 Å². The van der Waals surface area contributed by atoms with Crippen molar-refractivity contribution in [2.45, 2.75) is 5.92 Å². The van der Waals surface area contributed by atoms with Crippen molar-refractivity contribution in [3.8, 4) is 5.75 Å². The van der Waals surface area contributed by atoms with Gasteiger partial charge in [0.15, 0.2) is 0 Å².